The third kappa shape index (κ3) is 1.79. The van der Waals surface area contributed by atoms with Gasteiger partial charge in [-0.1, -0.05) is 6.07 Å². The molecule has 1 aliphatic rings. The van der Waals surface area contributed by atoms with Gasteiger partial charge in [-0.15, -0.1) is 0 Å². The van der Waals surface area contributed by atoms with Crippen LogP contribution in [0.4, 0.5) is 10.5 Å². The van der Waals surface area contributed by atoms with E-state index in [0.717, 1.165) is 16.6 Å². The zero-order valence-electron chi connectivity index (χ0n) is 9.59. The fraction of sp³-hybridized carbons (Fsp3) is 0.154. The Balaban J connectivity index is 1.99. The molecule has 0 bridgehead atoms. The lowest BCUT2D eigenvalue weighted by atomic mass is 10.1. The Morgan fingerprint density at radius 3 is 2.94 bits per heavy atom. The van der Waals surface area contributed by atoms with Gasteiger partial charge in [0.1, 0.15) is 0 Å². The summed E-state index contributed by atoms with van der Waals surface area (Å²) in [4.78, 5) is 28.6. The Labute approximate surface area is 103 Å². The molecule has 5 nitrogen and oxygen atoms in total. The number of carbonyl (C=O) groups excluding carboxylic acids is 2. The largest absolute Gasteiger partial charge is 0.328 e. The number of carbonyl (C=O) groups is 2. The molecule has 2 heterocycles. The molecule has 90 valence electrons. The molecule has 1 aliphatic heterocycles. The molecule has 1 aromatic heterocycles. The molecule has 1 saturated heterocycles. The van der Waals surface area contributed by atoms with E-state index in [1.54, 1.807) is 11.1 Å². The van der Waals surface area contributed by atoms with Crippen LogP contribution in [0.5, 0.6) is 0 Å². The number of fused-ring (bicyclic) bond motifs is 1. The number of rotatable bonds is 1. The SMILES string of the molecule is O=C1CCN(c2ccc3ncccc3c2)C(=O)N1. The zero-order chi connectivity index (χ0) is 12.5. The van der Waals surface area contributed by atoms with Gasteiger partial charge in [-0.3, -0.25) is 20.0 Å². The highest BCUT2D eigenvalue weighted by atomic mass is 16.2. The average molecular weight is 241 g/mol. The normalized spacial score (nSPS) is 15.9. The van der Waals surface area contributed by atoms with E-state index in [4.69, 9.17) is 0 Å². The van der Waals surface area contributed by atoms with Crippen molar-refractivity contribution < 1.29 is 9.59 Å². The van der Waals surface area contributed by atoms with Crippen molar-refractivity contribution in [3.8, 4) is 0 Å². The van der Waals surface area contributed by atoms with Crippen molar-refractivity contribution in [2.24, 2.45) is 0 Å². The van der Waals surface area contributed by atoms with Crippen LogP contribution in [0.15, 0.2) is 36.5 Å². The molecule has 0 radical (unpaired) electrons. The summed E-state index contributed by atoms with van der Waals surface area (Å²) in [6.07, 6.45) is 2.06. The van der Waals surface area contributed by atoms with Crippen LogP contribution in [-0.2, 0) is 4.79 Å². The number of nitrogens with zero attached hydrogens (tertiary/aromatic N) is 2. The third-order valence-corrected chi connectivity index (χ3v) is 2.95. The second-order valence-corrected chi connectivity index (χ2v) is 4.14. The van der Waals surface area contributed by atoms with Crippen LogP contribution in [-0.4, -0.2) is 23.5 Å². The second-order valence-electron chi connectivity index (χ2n) is 4.14. The van der Waals surface area contributed by atoms with Gasteiger partial charge in [-0.25, -0.2) is 4.79 Å². The van der Waals surface area contributed by atoms with Gasteiger partial charge in [0.25, 0.3) is 0 Å². The lowest BCUT2D eigenvalue weighted by molar-refractivity contribution is -0.120. The Bertz CT molecular complexity index is 639. The zero-order valence-corrected chi connectivity index (χ0v) is 9.59. The average Bonchev–Trinajstić information content (AvgIpc) is 2.38. The molecule has 1 fully saturated rings. The predicted octanol–water partition coefficient (Wildman–Crippen LogP) is 1.68. The molecule has 1 aromatic carbocycles. The smallest absolute Gasteiger partial charge is 0.294 e. The molecule has 1 N–H and O–H groups in total. The van der Waals surface area contributed by atoms with Gasteiger partial charge >= 0.3 is 6.03 Å². The lowest BCUT2D eigenvalue weighted by Gasteiger charge is -2.26. The lowest BCUT2D eigenvalue weighted by Crippen LogP contribution is -2.49. The number of benzene rings is 1. The first-order valence-electron chi connectivity index (χ1n) is 5.70. The molecule has 3 rings (SSSR count). The maximum Gasteiger partial charge on any atom is 0.328 e. The van der Waals surface area contributed by atoms with Crippen LogP contribution in [0.2, 0.25) is 0 Å². The van der Waals surface area contributed by atoms with E-state index in [-0.39, 0.29) is 11.9 Å². The van der Waals surface area contributed by atoms with Crippen molar-refractivity contribution in [2.45, 2.75) is 6.42 Å². The number of imide groups is 1. The summed E-state index contributed by atoms with van der Waals surface area (Å²) in [5.41, 5.74) is 1.66. The standard InChI is InChI=1S/C13H11N3O2/c17-12-5-7-16(13(18)15-12)10-3-4-11-9(8-10)2-1-6-14-11/h1-4,6,8H,5,7H2,(H,15,17,18). The number of pyridine rings is 1. The van der Waals surface area contributed by atoms with Crippen LogP contribution >= 0.6 is 0 Å². The summed E-state index contributed by atoms with van der Waals surface area (Å²) in [5.74, 6) is -0.223. The van der Waals surface area contributed by atoms with E-state index in [1.165, 1.54) is 0 Å². The molecule has 0 aliphatic carbocycles. The summed E-state index contributed by atoms with van der Waals surface area (Å²) in [6.45, 7) is 0.413. The van der Waals surface area contributed by atoms with E-state index in [9.17, 15) is 9.59 Å². The molecule has 0 atom stereocenters. The van der Waals surface area contributed by atoms with Gasteiger partial charge in [0.2, 0.25) is 5.91 Å². The fourth-order valence-electron chi connectivity index (χ4n) is 2.04. The number of nitrogens with one attached hydrogen (secondary N) is 1. The quantitative estimate of drug-likeness (QED) is 0.826. The van der Waals surface area contributed by atoms with Crippen molar-refractivity contribution in [2.75, 3.05) is 11.4 Å². The van der Waals surface area contributed by atoms with Crippen LogP contribution in [0.25, 0.3) is 10.9 Å². The minimum Gasteiger partial charge on any atom is -0.294 e. The Morgan fingerprint density at radius 2 is 2.11 bits per heavy atom. The topological polar surface area (TPSA) is 62.3 Å². The van der Waals surface area contributed by atoms with Gasteiger partial charge in [0, 0.05) is 30.2 Å². The van der Waals surface area contributed by atoms with E-state index < -0.39 is 0 Å². The monoisotopic (exact) mass is 241 g/mol. The van der Waals surface area contributed by atoms with Gasteiger partial charge in [-0.2, -0.15) is 0 Å². The second kappa shape index (κ2) is 4.10. The van der Waals surface area contributed by atoms with E-state index in [2.05, 4.69) is 10.3 Å². The van der Waals surface area contributed by atoms with Crippen LogP contribution in [0, 0.1) is 0 Å². The van der Waals surface area contributed by atoms with Crippen molar-refractivity contribution in [1.82, 2.24) is 10.3 Å². The number of urea groups is 1. The number of anilines is 1. The van der Waals surface area contributed by atoms with Crippen molar-refractivity contribution in [1.29, 1.82) is 0 Å². The summed E-state index contributed by atoms with van der Waals surface area (Å²) in [6, 6.07) is 9.04. The van der Waals surface area contributed by atoms with Crippen molar-refractivity contribution in [3.63, 3.8) is 0 Å². The Kier molecular flexibility index (Phi) is 2.44. The molecular weight excluding hydrogens is 230 g/mol. The first-order chi connectivity index (χ1) is 8.74. The molecule has 0 saturated carbocycles. The molecular formula is C13H11N3O2. The first kappa shape index (κ1) is 10.7. The minimum atomic E-state index is -0.366. The van der Waals surface area contributed by atoms with E-state index >= 15 is 0 Å². The summed E-state index contributed by atoms with van der Waals surface area (Å²) in [5, 5.41) is 3.28. The Morgan fingerprint density at radius 1 is 1.22 bits per heavy atom. The molecule has 0 spiro atoms. The summed E-state index contributed by atoms with van der Waals surface area (Å²) in [7, 11) is 0. The molecule has 3 amide bonds. The highest BCUT2D eigenvalue weighted by Crippen LogP contribution is 2.22. The highest BCUT2D eigenvalue weighted by molar-refractivity contribution is 6.06. The van der Waals surface area contributed by atoms with Crippen LogP contribution < -0.4 is 10.2 Å². The van der Waals surface area contributed by atoms with Crippen molar-refractivity contribution >= 4 is 28.5 Å². The van der Waals surface area contributed by atoms with Gasteiger partial charge < -0.3 is 0 Å². The molecule has 0 unspecified atom stereocenters. The molecule has 5 heteroatoms. The highest BCUT2D eigenvalue weighted by Gasteiger charge is 2.24. The van der Waals surface area contributed by atoms with Crippen LogP contribution in [0.1, 0.15) is 6.42 Å². The first-order valence-corrected chi connectivity index (χ1v) is 5.70. The summed E-state index contributed by atoms with van der Waals surface area (Å²) >= 11 is 0. The van der Waals surface area contributed by atoms with Gasteiger partial charge in [-0.05, 0) is 24.3 Å². The van der Waals surface area contributed by atoms with Gasteiger partial charge in [0.15, 0.2) is 0 Å². The van der Waals surface area contributed by atoms with E-state index in [0.29, 0.717) is 13.0 Å². The maximum absolute atomic E-state index is 11.7. The maximum atomic E-state index is 11.7. The van der Waals surface area contributed by atoms with Crippen molar-refractivity contribution in [3.05, 3.63) is 36.5 Å². The minimum absolute atomic E-state index is 0.223. The number of hydrogen-bond acceptors (Lipinski definition) is 3. The predicted molar refractivity (Wildman–Crippen MR) is 67.2 cm³/mol. The number of hydrogen-bond donors (Lipinski definition) is 1. The third-order valence-electron chi connectivity index (χ3n) is 2.95. The fourth-order valence-corrected chi connectivity index (χ4v) is 2.04. The van der Waals surface area contributed by atoms with Crippen LogP contribution in [0.3, 0.4) is 0 Å². The molecule has 18 heavy (non-hydrogen) atoms. The Hall–Kier alpha value is -2.43. The molecule has 2 aromatic rings. The van der Waals surface area contributed by atoms with E-state index in [1.807, 2.05) is 30.3 Å². The summed E-state index contributed by atoms with van der Waals surface area (Å²) < 4.78 is 0. The number of amides is 3. The van der Waals surface area contributed by atoms with Gasteiger partial charge in [0.05, 0.1) is 5.52 Å². The number of aromatic nitrogens is 1.